The van der Waals surface area contributed by atoms with Crippen LogP contribution >= 0.6 is 0 Å². The molecule has 0 saturated carbocycles. The summed E-state index contributed by atoms with van der Waals surface area (Å²) in [4.78, 5) is 0. The average molecular weight is 210 g/mol. The van der Waals surface area contributed by atoms with Gasteiger partial charge >= 0.3 is 0 Å². The van der Waals surface area contributed by atoms with E-state index in [9.17, 15) is 10.2 Å². The smallest absolute Gasteiger partial charge is 0.140 e. The van der Waals surface area contributed by atoms with Crippen LogP contribution in [0.4, 0.5) is 5.69 Å². The lowest BCUT2D eigenvalue weighted by molar-refractivity contribution is 0.444. The molecule has 4 nitrogen and oxygen atoms in total. The Hall–Kier alpha value is -1.42. The highest BCUT2D eigenvalue weighted by Gasteiger charge is 2.21. The number of hydrazine groups is 1. The van der Waals surface area contributed by atoms with Crippen molar-refractivity contribution in [1.29, 1.82) is 0 Å². The maximum atomic E-state index is 9.72. The highest BCUT2D eigenvalue weighted by atomic mass is 16.3. The number of benzene rings is 1. The fourth-order valence-electron chi connectivity index (χ4n) is 1.22. The topological polar surface area (TPSA) is 69.7 Å². The van der Waals surface area contributed by atoms with Crippen molar-refractivity contribution in [3.63, 3.8) is 0 Å². The van der Waals surface area contributed by atoms with Crippen LogP contribution < -0.4 is 10.9 Å². The maximum absolute atomic E-state index is 9.72. The molecule has 1 rings (SSSR count). The molecule has 0 aromatic heterocycles. The van der Waals surface area contributed by atoms with Crippen molar-refractivity contribution in [3.05, 3.63) is 17.7 Å². The van der Waals surface area contributed by atoms with Crippen LogP contribution in [0, 0.1) is 6.92 Å². The first-order valence-electron chi connectivity index (χ1n) is 4.81. The van der Waals surface area contributed by atoms with Crippen LogP contribution in [0.5, 0.6) is 11.5 Å². The van der Waals surface area contributed by atoms with Crippen molar-refractivity contribution in [1.82, 2.24) is 0 Å². The van der Waals surface area contributed by atoms with Gasteiger partial charge in [-0.3, -0.25) is 0 Å². The first-order chi connectivity index (χ1) is 6.73. The number of hydrogen-bond donors (Lipinski definition) is 3. The summed E-state index contributed by atoms with van der Waals surface area (Å²) in [6.07, 6.45) is 0. The van der Waals surface area contributed by atoms with Crippen LogP contribution in [-0.4, -0.2) is 15.8 Å². The molecule has 0 atom stereocenters. The van der Waals surface area contributed by atoms with Gasteiger partial charge in [-0.2, -0.15) is 0 Å². The first-order valence-corrected chi connectivity index (χ1v) is 4.81. The van der Waals surface area contributed by atoms with Crippen molar-refractivity contribution in [2.24, 2.45) is 5.84 Å². The molecular formula is C11H18N2O2. The van der Waals surface area contributed by atoms with E-state index in [1.54, 1.807) is 6.92 Å². The minimum absolute atomic E-state index is 0.0720. The quantitative estimate of drug-likeness (QED) is 0.376. The Morgan fingerprint density at radius 1 is 1.13 bits per heavy atom. The minimum Gasteiger partial charge on any atom is -0.508 e. The third-order valence-corrected chi connectivity index (χ3v) is 2.28. The second kappa shape index (κ2) is 3.62. The summed E-state index contributed by atoms with van der Waals surface area (Å²) in [6.45, 7) is 7.48. The normalized spacial score (nSPS) is 11.5. The van der Waals surface area contributed by atoms with Crippen LogP contribution in [0.2, 0.25) is 0 Å². The molecule has 1 aromatic rings. The molecule has 0 bridgehead atoms. The van der Waals surface area contributed by atoms with Crippen molar-refractivity contribution < 1.29 is 10.2 Å². The number of nitrogens with zero attached hydrogens (tertiary/aromatic N) is 1. The van der Waals surface area contributed by atoms with Gasteiger partial charge in [0, 0.05) is 11.6 Å². The third-order valence-electron chi connectivity index (χ3n) is 2.28. The highest BCUT2D eigenvalue weighted by Crippen LogP contribution is 2.34. The Morgan fingerprint density at radius 3 is 2.13 bits per heavy atom. The second-order valence-corrected chi connectivity index (χ2v) is 4.67. The van der Waals surface area contributed by atoms with Gasteiger partial charge in [0.15, 0.2) is 0 Å². The lowest BCUT2D eigenvalue weighted by Gasteiger charge is -2.33. The van der Waals surface area contributed by atoms with E-state index in [4.69, 9.17) is 5.84 Å². The molecule has 84 valence electrons. The molecule has 15 heavy (non-hydrogen) atoms. The summed E-state index contributed by atoms with van der Waals surface area (Å²) in [5.41, 5.74) is 0.725. The van der Waals surface area contributed by atoms with E-state index in [-0.39, 0.29) is 17.0 Å². The maximum Gasteiger partial charge on any atom is 0.140 e. The molecule has 4 N–H and O–H groups in total. The number of aromatic hydroxyl groups is 2. The number of hydrogen-bond acceptors (Lipinski definition) is 4. The van der Waals surface area contributed by atoms with Gasteiger partial charge in [-0.15, -0.1) is 0 Å². The van der Waals surface area contributed by atoms with E-state index in [1.165, 1.54) is 17.1 Å². The van der Waals surface area contributed by atoms with Gasteiger partial charge in [0.2, 0.25) is 0 Å². The van der Waals surface area contributed by atoms with Crippen molar-refractivity contribution >= 4 is 5.69 Å². The summed E-state index contributed by atoms with van der Waals surface area (Å²) >= 11 is 0. The summed E-state index contributed by atoms with van der Waals surface area (Å²) < 4.78 is 0. The molecule has 1 aromatic carbocycles. The number of aryl methyl sites for hydroxylation is 1. The lowest BCUT2D eigenvalue weighted by Crippen LogP contribution is -2.46. The Bertz CT molecular complexity index is 370. The third kappa shape index (κ3) is 2.33. The molecule has 0 radical (unpaired) electrons. The van der Waals surface area contributed by atoms with Gasteiger partial charge in [0.1, 0.15) is 11.5 Å². The van der Waals surface area contributed by atoms with E-state index in [0.29, 0.717) is 11.3 Å². The summed E-state index contributed by atoms with van der Waals surface area (Å²) in [6, 6.07) is 2.96. The van der Waals surface area contributed by atoms with E-state index >= 15 is 0 Å². The van der Waals surface area contributed by atoms with Crippen molar-refractivity contribution in [3.8, 4) is 11.5 Å². The molecule has 0 saturated heterocycles. The standard InChI is InChI=1S/C11H18N2O2/c1-7-5-10(15)8(6-9(7)14)13(12)11(2,3)4/h5-6,14-15H,12H2,1-4H3. The average Bonchev–Trinajstić information content (AvgIpc) is 2.08. The number of nitrogens with two attached hydrogens (primary N) is 1. The molecule has 0 aliphatic heterocycles. The highest BCUT2D eigenvalue weighted by molar-refractivity contribution is 5.63. The SMILES string of the molecule is Cc1cc(O)c(N(N)C(C)(C)C)cc1O. The molecule has 0 spiro atoms. The lowest BCUT2D eigenvalue weighted by atomic mass is 10.1. The zero-order valence-corrected chi connectivity index (χ0v) is 9.57. The zero-order chi connectivity index (χ0) is 11.8. The van der Waals surface area contributed by atoms with Crippen molar-refractivity contribution in [2.45, 2.75) is 33.2 Å². The fourth-order valence-corrected chi connectivity index (χ4v) is 1.22. The summed E-state index contributed by atoms with van der Waals surface area (Å²) in [5.74, 6) is 6.05. The van der Waals surface area contributed by atoms with Crippen LogP contribution in [0.3, 0.4) is 0 Å². The molecule has 0 fully saturated rings. The van der Waals surface area contributed by atoms with Crippen LogP contribution in [0.25, 0.3) is 0 Å². The first kappa shape index (κ1) is 11.7. The second-order valence-electron chi connectivity index (χ2n) is 4.67. The van der Waals surface area contributed by atoms with Crippen molar-refractivity contribution in [2.75, 3.05) is 5.01 Å². The molecule has 0 aliphatic carbocycles. The zero-order valence-electron chi connectivity index (χ0n) is 9.57. The minimum atomic E-state index is -0.320. The van der Waals surface area contributed by atoms with Crippen LogP contribution in [0.15, 0.2) is 12.1 Å². The Labute approximate surface area is 89.9 Å². The number of phenols is 2. The Balaban J connectivity index is 3.21. The van der Waals surface area contributed by atoms with E-state index < -0.39 is 0 Å². The number of anilines is 1. The summed E-state index contributed by atoms with van der Waals surface area (Å²) in [7, 11) is 0. The van der Waals surface area contributed by atoms with Gasteiger partial charge < -0.3 is 15.2 Å². The van der Waals surface area contributed by atoms with Gasteiger partial charge in [0.05, 0.1) is 5.69 Å². The predicted molar refractivity (Wildman–Crippen MR) is 60.9 cm³/mol. The van der Waals surface area contributed by atoms with E-state index in [2.05, 4.69) is 0 Å². The molecular weight excluding hydrogens is 192 g/mol. The van der Waals surface area contributed by atoms with Crippen LogP contribution in [-0.2, 0) is 0 Å². The Morgan fingerprint density at radius 2 is 1.67 bits per heavy atom. The van der Waals surface area contributed by atoms with E-state index in [1.807, 2.05) is 20.8 Å². The van der Waals surface area contributed by atoms with Gasteiger partial charge in [-0.25, -0.2) is 5.84 Å². The molecule has 0 aliphatic rings. The van der Waals surface area contributed by atoms with Gasteiger partial charge in [0.25, 0.3) is 0 Å². The van der Waals surface area contributed by atoms with E-state index in [0.717, 1.165) is 0 Å². The predicted octanol–water partition coefficient (Wildman–Crippen LogP) is 1.88. The molecule has 4 heteroatoms. The van der Waals surface area contributed by atoms with Gasteiger partial charge in [-0.1, -0.05) is 0 Å². The Kier molecular flexibility index (Phi) is 2.81. The van der Waals surface area contributed by atoms with Crippen LogP contribution in [0.1, 0.15) is 26.3 Å². The van der Waals surface area contributed by atoms with Gasteiger partial charge in [-0.05, 0) is 39.3 Å². The number of phenolic OH excluding ortho intramolecular Hbond substituents is 2. The monoisotopic (exact) mass is 210 g/mol. The molecule has 0 amide bonds. The fraction of sp³-hybridized carbons (Fsp3) is 0.455. The molecule has 0 heterocycles. The largest absolute Gasteiger partial charge is 0.508 e. The summed E-state index contributed by atoms with van der Waals surface area (Å²) in [5, 5.41) is 20.7. The molecule has 0 unspecified atom stereocenters. The number of rotatable bonds is 1.